The van der Waals surface area contributed by atoms with E-state index in [4.69, 9.17) is 5.11 Å². The predicted molar refractivity (Wildman–Crippen MR) is 69.4 cm³/mol. The summed E-state index contributed by atoms with van der Waals surface area (Å²) in [4.78, 5) is 22.7. The molecule has 0 aliphatic carbocycles. The molecule has 0 heterocycles. The maximum absolute atomic E-state index is 11.8. The van der Waals surface area contributed by atoms with Crippen molar-refractivity contribution in [1.82, 2.24) is 5.32 Å². The summed E-state index contributed by atoms with van der Waals surface area (Å²) in [6, 6.07) is 3.61. The Hall–Kier alpha value is -1.40. The molecule has 0 aliphatic rings. The van der Waals surface area contributed by atoms with Gasteiger partial charge < -0.3 is 15.5 Å². The summed E-state index contributed by atoms with van der Waals surface area (Å²) in [6.45, 7) is 3.14. The topological polar surface area (TPSA) is 86.6 Å². The monoisotopic (exact) mass is 315 g/mol. The fraction of sp³-hybridized carbons (Fsp3) is 0.333. The maximum atomic E-state index is 11.8. The van der Waals surface area contributed by atoms with Crippen LogP contribution in [0.2, 0.25) is 0 Å². The van der Waals surface area contributed by atoms with Gasteiger partial charge in [-0.3, -0.25) is 4.79 Å². The molecule has 6 heteroatoms. The summed E-state index contributed by atoms with van der Waals surface area (Å²) < 4.78 is 0.865. The van der Waals surface area contributed by atoms with Crippen LogP contribution in [0.15, 0.2) is 22.7 Å². The molecule has 0 saturated heterocycles. The Morgan fingerprint density at radius 3 is 2.44 bits per heavy atom. The number of hydrogen-bond acceptors (Lipinski definition) is 3. The molecule has 5 nitrogen and oxygen atoms in total. The van der Waals surface area contributed by atoms with Crippen molar-refractivity contribution in [3.63, 3.8) is 0 Å². The van der Waals surface area contributed by atoms with Gasteiger partial charge in [-0.15, -0.1) is 0 Å². The van der Waals surface area contributed by atoms with Crippen LogP contribution in [0.1, 0.15) is 22.8 Å². The molecule has 3 N–H and O–H groups in total. The molecule has 0 saturated carbocycles. The third kappa shape index (κ3) is 3.54. The quantitative estimate of drug-likeness (QED) is 0.782. The average Bonchev–Trinajstić information content (AvgIpc) is 2.28. The highest BCUT2D eigenvalue weighted by atomic mass is 79.9. The third-order valence-corrected chi connectivity index (χ3v) is 3.34. The summed E-state index contributed by atoms with van der Waals surface area (Å²) in [5, 5.41) is 20.4. The van der Waals surface area contributed by atoms with Crippen molar-refractivity contribution in [1.29, 1.82) is 0 Å². The van der Waals surface area contributed by atoms with E-state index in [0.29, 0.717) is 5.56 Å². The molecule has 0 unspecified atom stereocenters. The van der Waals surface area contributed by atoms with Crippen LogP contribution in [0.3, 0.4) is 0 Å². The minimum atomic E-state index is -1.32. The Balaban J connectivity index is 2.87. The number of aliphatic hydroxyl groups excluding tert-OH is 1. The van der Waals surface area contributed by atoms with Crippen LogP contribution in [-0.2, 0) is 4.79 Å². The molecular formula is C12H14BrNO4. The lowest BCUT2D eigenvalue weighted by Crippen LogP contribution is -2.47. The number of carboxylic acid groups (broad SMARTS) is 1. The molecule has 98 valence electrons. The van der Waals surface area contributed by atoms with Crippen LogP contribution in [0, 0.1) is 6.92 Å². The Morgan fingerprint density at radius 1 is 1.39 bits per heavy atom. The van der Waals surface area contributed by atoms with Gasteiger partial charge in [0.2, 0.25) is 0 Å². The molecule has 18 heavy (non-hydrogen) atoms. The number of hydrogen-bond donors (Lipinski definition) is 3. The number of benzene rings is 1. The highest BCUT2D eigenvalue weighted by Crippen LogP contribution is 2.17. The summed E-state index contributed by atoms with van der Waals surface area (Å²) in [5.74, 6) is -1.80. The van der Waals surface area contributed by atoms with Crippen molar-refractivity contribution in [2.45, 2.75) is 26.0 Å². The molecule has 2 atom stereocenters. The number of aliphatic carboxylic acids is 1. The van der Waals surface area contributed by atoms with E-state index in [0.717, 1.165) is 10.0 Å². The van der Waals surface area contributed by atoms with Gasteiger partial charge in [-0.2, -0.15) is 0 Å². The predicted octanol–water partition coefficient (Wildman–Crippen LogP) is 1.32. The number of amides is 1. The van der Waals surface area contributed by atoms with Crippen LogP contribution in [-0.4, -0.2) is 34.2 Å². The van der Waals surface area contributed by atoms with Gasteiger partial charge in [0.25, 0.3) is 5.91 Å². The number of carbonyl (C=O) groups is 2. The molecule has 1 aromatic rings. The highest BCUT2D eigenvalue weighted by Gasteiger charge is 2.25. The van der Waals surface area contributed by atoms with Gasteiger partial charge in [0.15, 0.2) is 6.04 Å². The molecule has 1 rings (SSSR count). The number of rotatable bonds is 4. The van der Waals surface area contributed by atoms with E-state index in [1.54, 1.807) is 18.2 Å². The number of carboxylic acids is 1. The van der Waals surface area contributed by atoms with Crippen molar-refractivity contribution in [3.8, 4) is 0 Å². The molecule has 0 bridgehead atoms. The second kappa shape index (κ2) is 5.97. The molecule has 1 amide bonds. The van der Waals surface area contributed by atoms with Gasteiger partial charge in [-0.1, -0.05) is 15.9 Å². The first kappa shape index (κ1) is 14.7. The van der Waals surface area contributed by atoms with Crippen LogP contribution >= 0.6 is 15.9 Å². The molecule has 0 radical (unpaired) electrons. The minimum absolute atomic E-state index is 0.350. The number of carbonyl (C=O) groups excluding carboxylic acids is 1. The molecular weight excluding hydrogens is 302 g/mol. The van der Waals surface area contributed by atoms with Crippen molar-refractivity contribution in [2.75, 3.05) is 0 Å². The normalized spacial score (nSPS) is 13.8. The first-order valence-corrected chi connectivity index (χ1v) is 6.10. The molecule has 0 spiro atoms. The number of nitrogens with one attached hydrogen (secondary N) is 1. The zero-order valence-electron chi connectivity index (χ0n) is 9.98. The molecule has 0 aromatic heterocycles. The Morgan fingerprint density at radius 2 is 2.00 bits per heavy atom. The van der Waals surface area contributed by atoms with E-state index >= 15 is 0 Å². The fourth-order valence-corrected chi connectivity index (χ4v) is 1.65. The van der Waals surface area contributed by atoms with Crippen molar-refractivity contribution < 1.29 is 19.8 Å². The van der Waals surface area contributed by atoms with Gasteiger partial charge >= 0.3 is 5.97 Å². The Bertz CT molecular complexity index is 473. The molecule has 0 aliphatic heterocycles. The van der Waals surface area contributed by atoms with Crippen molar-refractivity contribution >= 4 is 27.8 Å². The Labute approximate surface area is 113 Å². The first-order valence-electron chi connectivity index (χ1n) is 5.31. The van der Waals surface area contributed by atoms with E-state index in [-0.39, 0.29) is 0 Å². The van der Waals surface area contributed by atoms with Gasteiger partial charge in [0.1, 0.15) is 0 Å². The van der Waals surface area contributed by atoms with E-state index in [1.807, 2.05) is 6.92 Å². The van der Waals surface area contributed by atoms with E-state index in [9.17, 15) is 14.7 Å². The summed E-state index contributed by atoms with van der Waals surface area (Å²) in [5.41, 5.74) is 1.22. The zero-order valence-corrected chi connectivity index (χ0v) is 11.6. The van der Waals surface area contributed by atoms with E-state index < -0.39 is 24.0 Å². The van der Waals surface area contributed by atoms with E-state index in [1.165, 1.54) is 6.92 Å². The summed E-state index contributed by atoms with van der Waals surface area (Å²) in [7, 11) is 0. The molecule has 0 fully saturated rings. The van der Waals surface area contributed by atoms with Crippen LogP contribution in [0.25, 0.3) is 0 Å². The number of aryl methyl sites for hydroxylation is 1. The highest BCUT2D eigenvalue weighted by molar-refractivity contribution is 9.10. The van der Waals surface area contributed by atoms with Gasteiger partial charge in [-0.25, -0.2) is 4.79 Å². The van der Waals surface area contributed by atoms with Crippen molar-refractivity contribution in [3.05, 3.63) is 33.8 Å². The maximum Gasteiger partial charge on any atom is 0.328 e. The molecule has 1 aromatic carbocycles. The smallest absolute Gasteiger partial charge is 0.328 e. The second-order valence-electron chi connectivity index (χ2n) is 3.99. The van der Waals surface area contributed by atoms with Gasteiger partial charge in [-0.05, 0) is 37.6 Å². The summed E-state index contributed by atoms with van der Waals surface area (Å²) in [6.07, 6.45) is -1.16. The van der Waals surface area contributed by atoms with Crippen molar-refractivity contribution in [2.24, 2.45) is 0 Å². The lowest BCUT2D eigenvalue weighted by atomic mass is 10.1. The van der Waals surface area contributed by atoms with E-state index in [2.05, 4.69) is 21.2 Å². The van der Waals surface area contributed by atoms with Crippen LogP contribution < -0.4 is 5.32 Å². The zero-order chi connectivity index (χ0) is 13.9. The average molecular weight is 316 g/mol. The number of halogens is 1. The summed E-state index contributed by atoms with van der Waals surface area (Å²) >= 11 is 3.31. The van der Waals surface area contributed by atoms with Gasteiger partial charge in [0.05, 0.1) is 6.10 Å². The number of aliphatic hydroxyl groups is 1. The largest absolute Gasteiger partial charge is 0.480 e. The second-order valence-corrected chi connectivity index (χ2v) is 4.85. The van der Waals surface area contributed by atoms with Crippen LogP contribution in [0.5, 0.6) is 0 Å². The lowest BCUT2D eigenvalue weighted by molar-refractivity contribution is -0.141. The third-order valence-electron chi connectivity index (χ3n) is 2.46. The Kier molecular flexibility index (Phi) is 4.86. The van der Waals surface area contributed by atoms with Gasteiger partial charge in [0, 0.05) is 10.0 Å². The van der Waals surface area contributed by atoms with Crippen LogP contribution in [0.4, 0.5) is 0 Å². The SMILES string of the molecule is Cc1cc(C(=O)N[C@H](C(=O)O)[C@@H](C)O)ccc1Br. The first-order chi connectivity index (χ1) is 8.32. The lowest BCUT2D eigenvalue weighted by Gasteiger charge is -2.17. The minimum Gasteiger partial charge on any atom is -0.480 e. The standard InChI is InChI=1S/C12H14BrNO4/c1-6-5-8(3-4-9(6)13)11(16)14-10(7(2)15)12(17)18/h3-5,7,10,15H,1-2H3,(H,14,16)(H,17,18)/t7-,10+/m1/s1. The fourth-order valence-electron chi connectivity index (χ4n) is 1.40.